The Morgan fingerprint density at radius 1 is 1.16 bits per heavy atom. The number of pyridine rings is 1. The second-order valence-corrected chi connectivity index (χ2v) is 4.05. The summed E-state index contributed by atoms with van der Waals surface area (Å²) in [5.41, 5.74) is 1.33. The molecule has 2 rings (SSSR count). The average Bonchev–Trinajstić information content (AvgIpc) is 2.46. The van der Waals surface area contributed by atoms with Crippen LogP contribution in [0.1, 0.15) is 22.5 Å². The molecule has 0 saturated carbocycles. The van der Waals surface area contributed by atoms with E-state index in [2.05, 4.69) is 4.98 Å². The molecule has 0 aliphatic heterocycles. The van der Waals surface area contributed by atoms with Crippen molar-refractivity contribution >= 4 is 11.5 Å². The van der Waals surface area contributed by atoms with Gasteiger partial charge in [0, 0.05) is 36.0 Å². The Labute approximate surface area is 110 Å². The van der Waals surface area contributed by atoms with Crippen LogP contribution in [-0.4, -0.2) is 15.7 Å². The molecular weight excluding hydrogens is 244 g/mol. The van der Waals surface area contributed by atoms with Gasteiger partial charge in [0.05, 0.1) is 4.92 Å². The fraction of sp³-hybridized carbons (Fsp3) is 0.143. The highest BCUT2D eigenvalue weighted by molar-refractivity contribution is 5.96. The van der Waals surface area contributed by atoms with Crippen molar-refractivity contribution in [1.82, 2.24) is 4.98 Å². The zero-order chi connectivity index (χ0) is 13.7. The molecule has 0 aliphatic carbocycles. The quantitative estimate of drug-likeness (QED) is 0.468. The Morgan fingerprint density at radius 2 is 1.89 bits per heavy atom. The summed E-state index contributed by atoms with van der Waals surface area (Å²) in [6.07, 6.45) is 2.59. The Morgan fingerprint density at radius 3 is 2.47 bits per heavy atom. The summed E-state index contributed by atoms with van der Waals surface area (Å²) in [6, 6.07) is 11.2. The van der Waals surface area contributed by atoms with E-state index in [4.69, 9.17) is 0 Å². The van der Waals surface area contributed by atoms with E-state index in [1.54, 1.807) is 6.20 Å². The summed E-state index contributed by atoms with van der Waals surface area (Å²) in [7, 11) is 0. The van der Waals surface area contributed by atoms with Crippen molar-refractivity contribution in [2.45, 2.75) is 12.8 Å². The molecule has 0 fully saturated rings. The highest BCUT2D eigenvalue weighted by Crippen LogP contribution is 2.14. The van der Waals surface area contributed by atoms with E-state index in [1.165, 1.54) is 24.3 Å². The topological polar surface area (TPSA) is 73.1 Å². The Balaban J connectivity index is 1.98. The molecule has 5 heteroatoms. The highest BCUT2D eigenvalue weighted by Gasteiger charge is 2.09. The van der Waals surface area contributed by atoms with Gasteiger partial charge < -0.3 is 0 Å². The fourth-order valence-corrected chi connectivity index (χ4v) is 1.70. The van der Waals surface area contributed by atoms with Gasteiger partial charge >= 0.3 is 0 Å². The molecule has 1 aromatic heterocycles. The number of benzene rings is 1. The molecule has 0 radical (unpaired) electrons. The largest absolute Gasteiger partial charge is 0.294 e. The molecule has 19 heavy (non-hydrogen) atoms. The lowest BCUT2D eigenvalue weighted by atomic mass is 10.0. The number of carbonyl (C=O) groups is 1. The second kappa shape index (κ2) is 5.86. The summed E-state index contributed by atoms with van der Waals surface area (Å²) in [4.78, 5) is 26.1. The van der Waals surface area contributed by atoms with Gasteiger partial charge in [-0.1, -0.05) is 6.07 Å². The molecule has 0 unspecified atom stereocenters. The van der Waals surface area contributed by atoms with E-state index in [1.807, 2.05) is 18.2 Å². The first-order chi connectivity index (χ1) is 9.16. The van der Waals surface area contributed by atoms with Gasteiger partial charge in [-0.3, -0.25) is 19.9 Å². The van der Waals surface area contributed by atoms with Crippen molar-refractivity contribution in [2.24, 2.45) is 0 Å². The summed E-state index contributed by atoms with van der Waals surface area (Å²) in [6.45, 7) is 0. The van der Waals surface area contributed by atoms with Crippen molar-refractivity contribution in [3.63, 3.8) is 0 Å². The number of rotatable bonds is 5. The normalized spacial score (nSPS) is 10.1. The number of ketones is 1. The molecule has 0 bridgehead atoms. The maximum Gasteiger partial charge on any atom is 0.269 e. The van der Waals surface area contributed by atoms with E-state index in [0.29, 0.717) is 18.4 Å². The monoisotopic (exact) mass is 256 g/mol. The summed E-state index contributed by atoms with van der Waals surface area (Å²) >= 11 is 0. The second-order valence-electron chi connectivity index (χ2n) is 4.05. The van der Waals surface area contributed by atoms with Crippen LogP contribution in [0.5, 0.6) is 0 Å². The Kier molecular flexibility index (Phi) is 3.97. The number of hydrogen-bond acceptors (Lipinski definition) is 4. The van der Waals surface area contributed by atoms with Crippen LogP contribution in [0.15, 0.2) is 48.7 Å². The van der Waals surface area contributed by atoms with E-state index in [0.717, 1.165) is 5.69 Å². The predicted molar refractivity (Wildman–Crippen MR) is 70.0 cm³/mol. The van der Waals surface area contributed by atoms with E-state index in [-0.39, 0.29) is 11.5 Å². The number of aryl methyl sites for hydroxylation is 1. The Hall–Kier alpha value is -2.56. The minimum Gasteiger partial charge on any atom is -0.294 e. The third kappa shape index (κ3) is 3.45. The van der Waals surface area contributed by atoms with Crippen LogP contribution in [0.3, 0.4) is 0 Å². The zero-order valence-corrected chi connectivity index (χ0v) is 10.2. The van der Waals surface area contributed by atoms with Gasteiger partial charge in [-0.05, 0) is 30.7 Å². The number of nitrogens with zero attached hydrogens (tertiary/aromatic N) is 2. The summed E-state index contributed by atoms with van der Waals surface area (Å²) in [5, 5.41) is 10.5. The van der Waals surface area contributed by atoms with Crippen molar-refractivity contribution in [3.8, 4) is 0 Å². The predicted octanol–water partition coefficient (Wildman–Crippen LogP) is 2.81. The number of hydrogen-bond donors (Lipinski definition) is 0. The van der Waals surface area contributed by atoms with E-state index in [9.17, 15) is 14.9 Å². The summed E-state index contributed by atoms with van der Waals surface area (Å²) < 4.78 is 0. The van der Waals surface area contributed by atoms with Crippen LogP contribution in [0.4, 0.5) is 5.69 Å². The maximum atomic E-state index is 11.9. The lowest BCUT2D eigenvalue weighted by Gasteiger charge is -2.01. The van der Waals surface area contributed by atoms with Gasteiger partial charge in [0.25, 0.3) is 5.69 Å². The minimum atomic E-state index is -0.484. The van der Waals surface area contributed by atoms with Gasteiger partial charge in [-0.2, -0.15) is 0 Å². The number of nitro benzene ring substituents is 1. The van der Waals surface area contributed by atoms with Gasteiger partial charge in [-0.15, -0.1) is 0 Å². The van der Waals surface area contributed by atoms with Crippen LogP contribution in [-0.2, 0) is 6.42 Å². The summed E-state index contributed by atoms with van der Waals surface area (Å²) in [5.74, 6) is -0.0412. The SMILES string of the molecule is O=C(CCc1ccccn1)c1ccc([N+](=O)[O-])cc1. The molecule has 96 valence electrons. The molecule has 1 heterocycles. The number of Topliss-reactive ketones (excluding diaryl/α,β-unsaturated/α-hetero) is 1. The third-order valence-corrected chi connectivity index (χ3v) is 2.73. The minimum absolute atomic E-state index is 0.0127. The van der Waals surface area contributed by atoms with Crippen LogP contribution in [0.25, 0.3) is 0 Å². The molecule has 0 spiro atoms. The molecule has 0 atom stereocenters. The van der Waals surface area contributed by atoms with Crippen LogP contribution in [0.2, 0.25) is 0 Å². The molecule has 0 aliphatic rings. The van der Waals surface area contributed by atoms with Crippen molar-refractivity contribution in [2.75, 3.05) is 0 Å². The lowest BCUT2D eigenvalue weighted by Crippen LogP contribution is -2.02. The molecule has 2 aromatic rings. The average molecular weight is 256 g/mol. The maximum absolute atomic E-state index is 11.9. The van der Waals surface area contributed by atoms with Crippen molar-refractivity contribution in [1.29, 1.82) is 0 Å². The number of carbonyl (C=O) groups excluding carboxylic acids is 1. The molecule has 0 amide bonds. The van der Waals surface area contributed by atoms with E-state index >= 15 is 0 Å². The zero-order valence-electron chi connectivity index (χ0n) is 10.2. The van der Waals surface area contributed by atoms with Crippen LogP contribution < -0.4 is 0 Å². The van der Waals surface area contributed by atoms with Crippen molar-refractivity contribution < 1.29 is 9.72 Å². The fourth-order valence-electron chi connectivity index (χ4n) is 1.70. The smallest absolute Gasteiger partial charge is 0.269 e. The molecule has 1 aromatic carbocycles. The molecule has 0 N–H and O–H groups in total. The van der Waals surface area contributed by atoms with Crippen LogP contribution in [0, 0.1) is 10.1 Å². The van der Waals surface area contributed by atoms with Gasteiger partial charge in [0.1, 0.15) is 0 Å². The number of non-ortho nitro benzene ring substituents is 1. The van der Waals surface area contributed by atoms with E-state index < -0.39 is 4.92 Å². The van der Waals surface area contributed by atoms with Crippen LogP contribution >= 0.6 is 0 Å². The van der Waals surface area contributed by atoms with Gasteiger partial charge in [-0.25, -0.2) is 0 Å². The number of aromatic nitrogens is 1. The van der Waals surface area contributed by atoms with Gasteiger partial charge in [0.15, 0.2) is 5.78 Å². The number of nitro groups is 1. The molecule has 5 nitrogen and oxygen atoms in total. The Bertz CT molecular complexity index is 579. The molecular formula is C14H12N2O3. The highest BCUT2D eigenvalue weighted by atomic mass is 16.6. The lowest BCUT2D eigenvalue weighted by molar-refractivity contribution is -0.384. The standard InChI is InChI=1S/C14H12N2O3/c17-14(9-6-12-3-1-2-10-15-12)11-4-7-13(8-5-11)16(18)19/h1-5,7-8,10H,6,9H2. The molecule has 0 saturated heterocycles. The first-order valence-corrected chi connectivity index (χ1v) is 5.84. The van der Waals surface area contributed by atoms with Gasteiger partial charge in [0.2, 0.25) is 0 Å². The first-order valence-electron chi connectivity index (χ1n) is 5.84. The van der Waals surface area contributed by atoms with Crippen molar-refractivity contribution in [3.05, 3.63) is 70.0 Å². The first kappa shape index (κ1) is 12.9. The third-order valence-electron chi connectivity index (χ3n) is 2.73.